The summed E-state index contributed by atoms with van der Waals surface area (Å²) in [5, 5.41) is 0. The third kappa shape index (κ3) is 2.81. The highest BCUT2D eigenvalue weighted by atomic mass is 15.2. The first-order valence-electron chi connectivity index (χ1n) is 5.42. The molecule has 0 fully saturated rings. The van der Waals surface area contributed by atoms with E-state index in [1.54, 1.807) is 0 Å². The third-order valence-electron chi connectivity index (χ3n) is 2.70. The van der Waals surface area contributed by atoms with Gasteiger partial charge in [-0.3, -0.25) is 0 Å². The molecule has 0 aromatic carbocycles. The van der Waals surface area contributed by atoms with E-state index in [2.05, 4.69) is 35.8 Å². The summed E-state index contributed by atoms with van der Waals surface area (Å²) < 4.78 is 0. The van der Waals surface area contributed by atoms with Gasteiger partial charge in [-0.05, 0) is 19.8 Å². The predicted molar refractivity (Wildman–Crippen MR) is 64.0 cm³/mol. The van der Waals surface area contributed by atoms with Crippen LogP contribution in [0.5, 0.6) is 0 Å². The lowest BCUT2D eigenvalue weighted by Crippen LogP contribution is -2.31. The van der Waals surface area contributed by atoms with Crippen LogP contribution in [-0.2, 0) is 0 Å². The van der Waals surface area contributed by atoms with Crippen LogP contribution in [0, 0.1) is 6.92 Å². The standard InChI is InChI=1S/C11H20N4/c1-5-9(6-2)15(4)11-7-10(12)13-8(3)14-11/h7,9H,5-6H2,1-4H3,(H2,12,13,14). The third-order valence-corrected chi connectivity index (χ3v) is 2.70. The van der Waals surface area contributed by atoms with E-state index in [0.717, 1.165) is 24.5 Å². The molecule has 4 nitrogen and oxygen atoms in total. The highest BCUT2D eigenvalue weighted by Crippen LogP contribution is 2.17. The van der Waals surface area contributed by atoms with Crippen LogP contribution in [0.3, 0.4) is 0 Å². The summed E-state index contributed by atoms with van der Waals surface area (Å²) in [7, 11) is 2.05. The van der Waals surface area contributed by atoms with E-state index in [0.29, 0.717) is 11.9 Å². The van der Waals surface area contributed by atoms with Crippen molar-refractivity contribution in [3.63, 3.8) is 0 Å². The van der Waals surface area contributed by atoms with E-state index in [9.17, 15) is 0 Å². The Morgan fingerprint density at radius 2 is 1.93 bits per heavy atom. The van der Waals surface area contributed by atoms with Gasteiger partial charge in [-0.1, -0.05) is 13.8 Å². The minimum atomic E-state index is 0.513. The Labute approximate surface area is 91.5 Å². The van der Waals surface area contributed by atoms with E-state index < -0.39 is 0 Å². The number of aryl methyl sites for hydroxylation is 1. The lowest BCUT2D eigenvalue weighted by Gasteiger charge is -2.27. The van der Waals surface area contributed by atoms with Crippen molar-refractivity contribution in [2.24, 2.45) is 0 Å². The fourth-order valence-electron chi connectivity index (χ4n) is 1.78. The fraction of sp³-hybridized carbons (Fsp3) is 0.636. The summed E-state index contributed by atoms with van der Waals surface area (Å²) in [6.45, 7) is 6.23. The van der Waals surface area contributed by atoms with Gasteiger partial charge in [0.05, 0.1) is 0 Å². The van der Waals surface area contributed by atoms with Gasteiger partial charge >= 0.3 is 0 Å². The van der Waals surface area contributed by atoms with Crippen LogP contribution in [0.25, 0.3) is 0 Å². The molecule has 0 unspecified atom stereocenters. The van der Waals surface area contributed by atoms with E-state index in [1.165, 1.54) is 0 Å². The minimum Gasteiger partial charge on any atom is -0.384 e. The molecule has 2 N–H and O–H groups in total. The second kappa shape index (κ2) is 4.96. The van der Waals surface area contributed by atoms with Crippen LogP contribution in [-0.4, -0.2) is 23.1 Å². The van der Waals surface area contributed by atoms with Crippen molar-refractivity contribution >= 4 is 11.6 Å². The first-order valence-corrected chi connectivity index (χ1v) is 5.42. The van der Waals surface area contributed by atoms with E-state index in [1.807, 2.05) is 13.0 Å². The molecule has 1 heterocycles. The zero-order chi connectivity index (χ0) is 11.4. The van der Waals surface area contributed by atoms with Gasteiger partial charge in [0.2, 0.25) is 0 Å². The monoisotopic (exact) mass is 208 g/mol. The second-order valence-corrected chi connectivity index (χ2v) is 3.78. The van der Waals surface area contributed by atoms with Crippen molar-refractivity contribution in [1.82, 2.24) is 9.97 Å². The molecule has 0 spiro atoms. The molecule has 0 atom stereocenters. The van der Waals surface area contributed by atoms with Crippen molar-refractivity contribution in [1.29, 1.82) is 0 Å². The molecular formula is C11H20N4. The Morgan fingerprint density at radius 1 is 1.33 bits per heavy atom. The summed E-state index contributed by atoms with van der Waals surface area (Å²) >= 11 is 0. The topological polar surface area (TPSA) is 55.0 Å². The van der Waals surface area contributed by atoms with Gasteiger partial charge in [0.15, 0.2) is 0 Å². The number of nitrogen functional groups attached to an aromatic ring is 1. The SMILES string of the molecule is CCC(CC)N(C)c1cc(N)nc(C)n1. The van der Waals surface area contributed by atoms with Gasteiger partial charge in [0, 0.05) is 19.2 Å². The highest BCUT2D eigenvalue weighted by Gasteiger charge is 2.13. The Balaban J connectivity index is 2.94. The van der Waals surface area contributed by atoms with Crippen LogP contribution in [0.2, 0.25) is 0 Å². The molecule has 0 aliphatic carbocycles. The molecule has 0 radical (unpaired) electrons. The smallest absolute Gasteiger partial charge is 0.134 e. The van der Waals surface area contributed by atoms with Gasteiger partial charge < -0.3 is 10.6 Å². The molecule has 15 heavy (non-hydrogen) atoms. The first kappa shape index (κ1) is 11.8. The number of aromatic nitrogens is 2. The van der Waals surface area contributed by atoms with Crippen molar-refractivity contribution in [3.05, 3.63) is 11.9 Å². The first-order chi connectivity index (χ1) is 7.08. The summed E-state index contributed by atoms with van der Waals surface area (Å²) in [4.78, 5) is 10.6. The zero-order valence-corrected chi connectivity index (χ0v) is 9.99. The Bertz CT molecular complexity index is 300. The van der Waals surface area contributed by atoms with Gasteiger partial charge in [-0.2, -0.15) is 0 Å². The average molecular weight is 208 g/mol. The number of hydrogen-bond donors (Lipinski definition) is 1. The maximum absolute atomic E-state index is 5.70. The maximum Gasteiger partial charge on any atom is 0.134 e. The Kier molecular flexibility index (Phi) is 3.88. The van der Waals surface area contributed by atoms with Crippen LogP contribution in [0.1, 0.15) is 32.5 Å². The number of anilines is 2. The summed E-state index contributed by atoms with van der Waals surface area (Å²) in [5.74, 6) is 2.17. The second-order valence-electron chi connectivity index (χ2n) is 3.78. The predicted octanol–water partition coefficient (Wildman–Crippen LogP) is 1.99. The normalized spacial score (nSPS) is 10.7. The average Bonchev–Trinajstić information content (AvgIpc) is 2.18. The molecule has 0 bridgehead atoms. The summed E-state index contributed by atoms with van der Waals surface area (Å²) in [5.41, 5.74) is 5.70. The number of nitrogens with zero attached hydrogens (tertiary/aromatic N) is 3. The quantitative estimate of drug-likeness (QED) is 0.822. The van der Waals surface area contributed by atoms with Crippen LogP contribution >= 0.6 is 0 Å². The molecular weight excluding hydrogens is 188 g/mol. The number of rotatable bonds is 4. The molecule has 1 aromatic rings. The Morgan fingerprint density at radius 3 is 2.40 bits per heavy atom. The number of nitrogens with two attached hydrogens (primary N) is 1. The van der Waals surface area contributed by atoms with Crippen molar-refractivity contribution in [3.8, 4) is 0 Å². The molecule has 1 aromatic heterocycles. The van der Waals surface area contributed by atoms with Crippen molar-refractivity contribution in [2.75, 3.05) is 17.7 Å². The van der Waals surface area contributed by atoms with Crippen molar-refractivity contribution in [2.45, 2.75) is 39.7 Å². The lowest BCUT2D eigenvalue weighted by molar-refractivity contribution is 0.586. The van der Waals surface area contributed by atoms with Crippen LogP contribution in [0.15, 0.2) is 6.07 Å². The fourth-order valence-corrected chi connectivity index (χ4v) is 1.78. The summed E-state index contributed by atoms with van der Waals surface area (Å²) in [6.07, 6.45) is 2.21. The molecule has 4 heteroatoms. The van der Waals surface area contributed by atoms with E-state index >= 15 is 0 Å². The summed E-state index contributed by atoms with van der Waals surface area (Å²) in [6, 6.07) is 2.34. The molecule has 84 valence electrons. The van der Waals surface area contributed by atoms with E-state index in [-0.39, 0.29) is 0 Å². The van der Waals surface area contributed by atoms with Gasteiger partial charge in [-0.25, -0.2) is 9.97 Å². The Hall–Kier alpha value is -1.32. The molecule has 0 aliphatic rings. The minimum absolute atomic E-state index is 0.513. The van der Waals surface area contributed by atoms with Crippen LogP contribution < -0.4 is 10.6 Å². The number of hydrogen-bond acceptors (Lipinski definition) is 4. The molecule has 0 saturated carbocycles. The van der Waals surface area contributed by atoms with Gasteiger partial charge in [-0.15, -0.1) is 0 Å². The van der Waals surface area contributed by atoms with Gasteiger partial charge in [0.25, 0.3) is 0 Å². The van der Waals surface area contributed by atoms with Crippen molar-refractivity contribution < 1.29 is 0 Å². The highest BCUT2D eigenvalue weighted by molar-refractivity contribution is 5.47. The van der Waals surface area contributed by atoms with Gasteiger partial charge in [0.1, 0.15) is 17.5 Å². The molecule has 0 amide bonds. The zero-order valence-electron chi connectivity index (χ0n) is 9.99. The lowest BCUT2D eigenvalue weighted by atomic mass is 10.1. The molecule has 0 saturated heterocycles. The van der Waals surface area contributed by atoms with E-state index in [4.69, 9.17) is 5.73 Å². The molecule has 1 rings (SSSR count). The molecule has 0 aliphatic heterocycles. The maximum atomic E-state index is 5.70. The largest absolute Gasteiger partial charge is 0.384 e. The van der Waals surface area contributed by atoms with Crippen LogP contribution in [0.4, 0.5) is 11.6 Å².